The highest BCUT2D eigenvalue weighted by atomic mass is 32.1. The van der Waals surface area contributed by atoms with Gasteiger partial charge in [0.05, 0.1) is 5.01 Å². The molecule has 1 fully saturated rings. The van der Waals surface area contributed by atoms with Gasteiger partial charge in [0.1, 0.15) is 0 Å². The number of carbonyl (C=O) groups is 1. The molecular weight excluding hydrogens is 320 g/mol. The molecule has 0 radical (unpaired) electrons. The van der Waals surface area contributed by atoms with Gasteiger partial charge in [0.25, 0.3) is 0 Å². The molecule has 2 aromatic rings. The molecule has 3 heterocycles. The molecule has 0 unspecified atom stereocenters. The van der Waals surface area contributed by atoms with Crippen molar-refractivity contribution in [1.82, 2.24) is 20.2 Å². The number of likely N-dealkylation sites (tertiary alicyclic amines) is 1. The summed E-state index contributed by atoms with van der Waals surface area (Å²) >= 11 is 1.74. The van der Waals surface area contributed by atoms with Crippen LogP contribution in [0.5, 0.6) is 0 Å². The van der Waals surface area contributed by atoms with Crippen LogP contribution in [0.15, 0.2) is 30.7 Å². The molecule has 0 bridgehead atoms. The Morgan fingerprint density at radius 2 is 2.08 bits per heavy atom. The van der Waals surface area contributed by atoms with Crippen molar-refractivity contribution in [2.45, 2.75) is 38.5 Å². The lowest BCUT2D eigenvalue weighted by Gasteiger charge is -2.32. The minimum absolute atomic E-state index is 0.0513. The van der Waals surface area contributed by atoms with E-state index in [1.54, 1.807) is 11.3 Å². The number of carbonyl (C=O) groups excluding carboxylic acids is 1. The molecule has 3 rings (SSSR count). The van der Waals surface area contributed by atoms with Gasteiger partial charge in [-0.2, -0.15) is 0 Å². The van der Waals surface area contributed by atoms with Crippen molar-refractivity contribution in [2.75, 3.05) is 19.6 Å². The Hall–Kier alpha value is -1.95. The highest BCUT2D eigenvalue weighted by Gasteiger charge is 2.23. The Balaban J connectivity index is 1.40. The van der Waals surface area contributed by atoms with Crippen LogP contribution in [0.2, 0.25) is 0 Å². The topological polar surface area (TPSA) is 58.1 Å². The molecule has 2 aromatic heterocycles. The number of hydrogen-bond acceptors (Lipinski definition) is 4. The molecule has 6 heteroatoms. The highest BCUT2D eigenvalue weighted by molar-refractivity contribution is 7.11. The molecule has 0 spiro atoms. The summed E-state index contributed by atoms with van der Waals surface area (Å²) in [7, 11) is 0. The van der Waals surface area contributed by atoms with E-state index in [4.69, 9.17) is 0 Å². The minimum Gasteiger partial charge on any atom is -0.338 e. The molecule has 0 aliphatic carbocycles. The number of thiazole rings is 1. The SMILES string of the molecule is CCc1cnc(CCNC(=O)N2CCC(c3ccncc3)CC2)s1. The molecule has 0 saturated carbocycles. The molecular formula is C18H24N4OS. The van der Waals surface area contributed by atoms with Crippen LogP contribution in [-0.2, 0) is 12.8 Å². The molecule has 1 aliphatic rings. The van der Waals surface area contributed by atoms with Crippen LogP contribution in [0.3, 0.4) is 0 Å². The molecule has 1 aliphatic heterocycles. The largest absolute Gasteiger partial charge is 0.338 e. The maximum absolute atomic E-state index is 12.3. The second-order valence-corrected chi connectivity index (χ2v) is 7.30. The fourth-order valence-electron chi connectivity index (χ4n) is 3.07. The quantitative estimate of drug-likeness (QED) is 0.906. The van der Waals surface area contributed by atoms with Crippen molar-refractivity contribution in [3.05, 3.63) is 46.2 Å². The number of nitrogens with zero attached hydrogens (tertiary/aromatic N) is 3. The van der Waals surface area contributed by atoms with Crippen LogP contribution in [0.1, 0.15) is 41.1 Å². The van der Waals surface area contributed by atoms with Gasteiger partial charge in [-0.1, -0.05) is 6.92 Å². The summed E-state index contributed by atoms with van der Waals surface area (Å²) in [5, 5.41) is 4.13. The Morgan fingerprint density at radius 1 is 1.33 bits per heavy atom. The summed E-state index contributed by atoms with van der Waals surface area (Å²) in [4.78, 5) is 24.0. The van der Waals surface area contributed by atoms with Crippen molar-refractivity contribution >= 4 is 17.4 Å². The van der Waals surface area contributed by atoms with Gasteiger partial charge in [-0.15, -0.1) is 11.3 Å². The summed E-state index contributed by atoms with van der Waals surface area (Å²) in [5.41, 5.74) is 1.33. The maximum atomic E-state index is 12.3. The van der Waals surface area contributed by atoms with Crippen LogP contribution >= 0.6 is 11.3 Å². The molecule has 1 saturated heterocycles. The average Bonchev–Trinajstić information content (AvgIpc) is 3.10. The Kier molecular flexibility index (Phi) is 5.80. The zero-order chi connectivity index (χ0) is 16.8. The first-order valence-corrected chi connectivity index (χ1v) is 9.44. The van der Waals surface area contributed by atoms with Crippen LogP contribution in [0.4, 0.5) is 4.79 Å². The van der Waals surface area contributed by atoms with E-state index in [9.17, 15) is 4.79 Å². The van der Waals surface area contributed by atoms with E-state index >= 15 is 0 Å². The number of rotatable bonds is 5. The number of aromatic nitrogens is 2. The number of aryl methyl sites for hydroxylation is 1. The lowest BCUT2D eigenvalue weighted by Crippen LogP contribution is -2.44. The highest BCUT2D eigenvalue weighted by Crippen LogP contribution is 2.27. The van der Waals surface area contributed by atoms with E-state index < -0.39 is 0 Å². The predicted octanol–water partition coefficient (Wildman–Crippen LogP) is 3.23. The molecule has 1 N–H and O–H groups in total. The Bertz CT molecular complexity index is 650. The lowest BCUT2D eigenvalue weighted by molar-refractivity contribution is 0.181. The molecule has 0 atom stereocenters. The summed E-state index contributed by atoms with van der Waals surface area (Å²) < 4.78 is 0. The van der Waals surface area contributed by atoms with Crippen molar-refractivity contribution in [3.63, 3.8) is 0 Å². The number of amides is 2. The Labute approximate surface area is 147 Å². The van der Waals surface area contributed by atoms with E-state index in [0.717, 1.165) is 43.8 Å². The van der Waals surface area contributed by atoms with Gasteiger partial charge in [0.15, 0.2) is 0 Å². The zero-order valence-electron chi connectivity index (χ0n) is 14.1. The monoisotopic (exact) mass is 344 g/mol. The first kappa shape index (κ1) is 16.9. The second kappa shape index (κ2) is 8.24. The van der Waals surface area contributed by atoms with Gasteiger partial charge in [0.2, 0.25) is 0 Å². The van der Waals surface area contributed by atoms with Gasteiger partial charge < -0.3 is 10.2 Å². The van der Waals surface area contributed by atoms with Crippen molar-refractivity contribution in [3.8, 4) is 0 Å². The summed E-state index contributed by atoms with van der Waals surface area (Å²) in [6, 6.07) is 4.22. The van der Waals surface area contributed by atoms with Gasteiger partial charge in [0, 0.05) is 49.5 Å². The van der Waals surface area contributed by atoms with Crippen LogP contribution in [0.25, 0.3) is 0 Å². The number of hydrogen-bond donors (Lipinski definition) is 1. The molecule has 24 heavy (non-hydrogen) atoms. The van der Waals surface area contributed by atoms with Crippen LogP contribution < -0.4 is 5.32 Å². The third-order valence-electron chi connectivity index (χ3n) is 4.52. The average molecular weight is 344 g/mol. The second-order valence-electron chi connectivity index (χ2n) is 6.10. The van der Waals surface area contributed by atoms with Crippen LogP contribution in [0, 0.1) is 0 Å². The minimum atomic E-state index is 0.0513. The van der Waals surface area contributed by atoms with E-state index in [-0.39, 0.29) is 6.03 Å². The normalized spacial score (nSPS) is 15.5. The van der Waals surface area contributed by atoms with E-state index in [2.05, 4.69) is 34.3 Å². The first-order valence-electron chi connectivity index (χ1n) is 8.62. The summed E-state index contributed by atoms with van der Waals surface area (Å²) in [6.07, 6.45) is 9.49. The first-order chi connectivity index (χ1) is 11.8. The third kappa shape index (κ3) is 4.32. The van der Waals surface area contributed by atoms with E-state index in [1.807, 2.05) is 23.5 Å². The van der Waals surface area contributed by atoms with Gasteiger partial charge >= 0.3 is 6.03 Å². The standard InChI is InChI=1S/C18H24N4OS/c1-2-16-13-21-17(24-16)5-10-20-18(23)22-11-6-15(7-12-22)14-3-8-19-9-4-14/h3-4,8-9,13,15H,2,5-7,10-12H2,1H3,(H,20,23). The summed E-state index contributed by atoms with van der Waals surface area (Å²) in [6.45, 7) is 4.42. The fraction of sp³-hybridized carbons (Fsp3) is 0.500. The van der Waals surface area contributed by atoms with Crippen molar-refractivity contribution in [1.29, 1.82) is 0 Å². The van der Waals surface area contributed by atoms with Crippen molar-refractivity contribution in [2.24, 2.45) is 0 Å². The summed E-state index contributed by atoms with van der Waals surface area (Å²) in [5.74, 6) is 0.542. The third-order valence-corrected chi connectivity index (χ3v) is 5.73. The van der Waals surface area contributed by atoms with Crippen molar-refractivity contribution < 1.29 is 4.79 Å². The Morgan fingerprint density at radius 3 is 2.75 bits per heavy atom. The molecule has 2 amide bonds. The number of pyridine rings is 1. The predicted molar refractivity (Wildman–Crippen MR) is 96.4 cm³/mol. The van der Waals surface area contributed by atoms with Gasteiger partial charge in [-0.3, -0.25) is 4.98 Å². The number of urea groups is 1. The van der Waals surface area contributed by atoms with Gasteiger partial charge in [-0.25, -0.2) is 9.78 Å². The zero-order valence-corrected chi connectivity index (χ0v) is 14.9. The lowest BCUT2D eigenvalue weighted by atomic mass is 9.90. The fourth-order valence-corrected chi connectivity index (χ4v) is 3.93. The van der Waals surface area contributed by atoms with Crippen LogP contribution in [-0.4, -0.2) is 40.5 Å². The van der Waals surface area contributed by atoms with E-state index in [1.165, 1.54) is 10.4 Å². The molecule has 128 valence electrons. The van der Waals surface area contributed by atoms with Gasteiger partial charge in [-0.05, 0) is 42.9 Å². The number of piperidine rings is 1. The smallest absolute Gasteiger partial charge is 0.317 e. The molecule has 0 aromatic carbocycles. The molecule has 5 nitrogen and oxygen atoms in total. The number of nitrogens with one attached hydrogen (secondary N) is 1. The maximum Gasteiger partial charge on any atom is 0.317 e. The van der Waals surface area contributed by atoms with E-state index in [0.29, 0.717) is 12.5 Å².